The summed E-state index contributed by atoms with van der Waals surface area (Å²) < 4.78 is 57.2. The number of aryl methyl sites for hydroxylation is 1. The summed E-state index contributed by atoms with van der Waals surface area (Å²) in [7, 11) is 0. The van der Waals surface area contributed by atoms with Gasteiger partial charge in [-0.05, 0) is 67.4 Å². The lowest BCUT2D eigenvalue weighted by atomic mass is 10.1. The molecule has 9 heteroatoms. The molecule has 0 saturated carbocycles. The van der Waals surface area contributed by atoms with Crippen LogP contribution in [-0.4, -0.2) is 29.5 Å². The van der Waals surface area contributed by atoms with E-state index in [0.29, 0.717) is 24.5 Å². The van der Waals surface area contributed by atoms with Gasteiger partial charge in [0.15, 0.2) is 11.5 Å². The van der Waals surface area contributed by atoms with Gasteiger partial charge in [-0.2, -0.15) is 13.2 Å². The van der Waals surface area contributed by atoms with E-state index in [9.17, 15) is 18.0 Å². The van der Waals surface area contributed by atoms with Gasteiger partial charge in [0, 0.05) is 11.3 Å². The molecule has 0 heterocycles. The maximum atomic E-state index is 13.2. The second-order valence-electron chi connectivity index (χ2n) is 7.95. The van der Waals surface area contributed by atoms with Gasteiger partial charge in [0.25, 0.3) is 0 Å². The Hall–Kier alpha value is -3.33. The Morgan fingerprint density at radius 2 is 1.75 bits per heavy atom. The molecule has 0 amide bonds. The van der Waals surface area contributed by atoms with Crippen LogP contribution < -0.4 is 14.2 Å². The molecule has 1 N–H and O–H groups in total. The Kier molecular flexibility index (Phi) is 9.52. The smallest absolute Gasteiger partial charge is 0.416 e. The van der Waals surface area contributed by atoms with E-state index in [2.05, 4.69) is 0 Å². The lowest BCUT2D eigenvalue weighted by Crippen LogP contribution is -2.16. The minimum Gasteiger partial charge on any atom is -0.493 e. The van der Waals surface area contributed by atoms with Gasteiger partial charge in [-0.25, -0.2) is 0 Å². The number of halogens is 3. The highest BCUT2D eigenvalue weighted by molar-refractivity contribution is 8.00. The summed E-state index contributed by atoms with van der Waals surface area (Å²) in [6, 6.07) is 17.2. The summed E-state index contributed by atoms with van der Waals surface area (Å²) in [6.45, 7) is 4.11. The van der Waals surface area contributed by atoms with Gasteiger partial charge in [0.1, 0.15) is 11.5 Å². The fourth-order valence-electron chi connectivity index (χ4n) is 3.30. The molecule has 0 fully saturated rings. The maximum Gasteiger partial charge on any atom is 0.416 e. The fourth-order valence-corrected chi connectivity index (χ4v) is 4.13. The van der Waals surface area contributed by atoms with Gasteiger partial charge >= 0.3 is 12.1 Å². The van der Waals surface area contributed by atoms with E-state index < -0.39 is 17.7 Å². The van der Waals surface area contributed by atoms with Crippen LogP contribution in [0.25, 0.3) is 0 Å². The standard InChI is InChI=1S/C27H27F3O5S/c1-3-19-15-22(10-12-25(19)36-17-26(31)32)33-14-13-18(2)34-23-11-9-20(27(28,29)30)16-24(23)35-21-7-5-4-6-8-21/h4-12,15-16,18H,3,13-14,17H2,1-2H3,(H,31,32). The second kappa shape index (κ2) is 12.6. The van der Waals surface area contributed by atoms with Crippen molar-refractivity contribution in [1.82, 2.24) is 0 Å². The quantitative estimate of drug-likeness (QED) is 0.250. The van der Waals surface area contributed by atoms with E-state index in [-0.39, 0.29) is 23.4 Å². The Morgan fingerprint density at radius 3 is 2.42 bits per heavy atom. The van der Waals surface area contributed by atoms with Crippen molar-refractivity contribution >= 4 is 17.7 Å². The lowest BCUT2D eigenvalue weighted by Gasteiger charge is -2.19. The summed E-state index contributed by atoms with van der Waals surface area (Å²) in [5.74, 6) is 0.345. The maximum absolute atomic E-state index is 13.2. The number of thioether (sulfide) groups is 1. The molecule has 1 unspecified atom stereocenters. The predicted molar refractivity (Wildman–Crippen MR) is 132 cm³/mol. The molecule has 0 aliphatic rings. The molecule has 5 nitrogen and oxygen atoms in total. The molecular formula is C27H27F3O5S. The first-order valence-electron chi connectivity index (χ1n) is 11.4. The van der Waals surface area contributed by atoms with Crippen molar-refractivity contribution in [3.63, 3.8) is 0 Å². The number of rotatable bonds is 12. The number of hydrogen-bond acceptors (Lipinski definition) is 5. The lowest BCUT2D eigenvalue weighted by molar-refractivity contribution is -0.137. The van der Waals surface area contributed by atoms with E-state index in [1.54, 1.807) is 43.3 Å². The molecule has 0 aromatic heterocycles. The molecule has 3 aromatic rings. The predicted octanol–water partition coefficient (Wildman–Crippen LogP) is 7.47. The minimum atomic E-state index is -4.51. The first-order valence-corrected chi connectivity index (χ1v) is 12.4. The molecule has 192 valence electrons. The number of alkyl halides is 3. The Bertz CT molecular complexity index is 1150. The average Bonchev–Trinajstić information content (AvgIpc) is 2.84. The fraction of sp³-hybridized carbons (Fsp3) is 0.296. The van der Waals surface area contributed by atoms with Crippen LogP contribution in [0, 0.1) is 0 Å². The van der Waals surface area contributed by atoms with E-state index in [1.165, 1.54) is 17.8 Å². The summed E-state index contributed by atoms with van der Waals surface area (Å²) in [6.07, 6.45) is -3.67. The van der Waals surface area contributed by atoms with E-state index in [4.69, 9.17) is 19.3 Å². The van der Waals surface area contributed by atoms with E-state index in [0.717, 1.165) is 29.0 Å². The van der Waals surface area contributed by atoms with Crippen LogP contribution in [0.4, 0.5) is 13.2 Å². The third kappa shape index (κ3) is 8.12. The van der Waals surface area contributed by atoms with Crippen molar-refractivity contribution < 1.29 is 37.3 Å². The SMILES string of the molecule is CCc1cc(OCCC(C)Oc2ccc(C(F)(F)F)cc2Oc2ccccc2)ccc1SCC(=O)O. The first-order chi connectivity index (χ1) is 17.2. The highest BCUT2D eigenvalue weighted by Gasteiger charge is 2.31. The second-order valence-corrected chi connectivity index (χ2v) is 8.96. The van der Waals surface area contributed by atoms with Crippen molar-refractivity contribution in [3.8, 4) is 23.0 Å². The summed E-state index contributed by atoms with van der Waals surface area (Å²) in [4.78, 5) is 11.7. The highest BCUT2D eigenvalue weighted by atomic mass is 32.2. The molecule has 36 heavy (non-hydrogen) atoms. The molecule has 3 rings (SSSR count). The number of benzene rings is 3. The summed E-state index contributed by atoms with van der Waals surface area (Å²) in [5.41, 5.74) is 0.170. The van der Waals surface area contributed by atoms with Crippen molar-refractivity contribution in [2.24, 2.45) is 0 Å². The van der Waals surface area contributed by atoms with Gasteiger partial charge < -0.3 is 19.3 Å². The number of para-hydroxylation sites is 1. The third-order valence-corrected chi connectivity index (χ3v) is 6.23. The van der Waals surface area contributed by atoms with Crippen LogP contribution in [0.2, 0.25) is 0 Å². The number of carboxylic acid groups (broad SMARTS) is 1. The topological polar surface area (TPSA) is 65.0 Å². The van der Waals surface area contributed by atoms with Gasteiger partial charge in [-0.15, -0.1) is 11.8 Å². The molecule has 1 atom stereocenters. The van der Waals surface area contributed by atoms with Gasteiger partial charge in [-0.3, -0.25) is 4.79 Å². The normalized spacial score (nSPS) is 12.1. The van der Waals surface area contributed by atoms with Crippen LogP contribution in [0.5, 0.6) is 23.0 Å². The number of aliphatic carboxylic acids is 1. The zero-order valence-electron chi connectivity index (χ0n) is 19.9. The van der Waals surface area contributed by atoms with Crippen LogP contribution in [0.15, 0.2) is 71.6 Å². The Morgan fingerprint density at radius 1 is 1.00 bits per heavy atom. The van der Waals surface area contributed by atoms with Crippen LogP contribution in [-0.2, 0) is 17.4 Å². The molecular weight excluding hydrogens is 493 g/mol. The third-order valence-electron chi connectivity index (χ3n) is 5.13. The van der Waals surface area contributed by atoms with Gasteiger partial charge in [0.05, 0.1) is 24.0 Å². The first kappa shape index (κ1) is 27.3. The van der Waals surface area contributed by atoms with E-state index in [1.807, 2.05) is 19.1 Å². The monoisotopic (exact) mass is 520 g/mol. The number of hydrogen-bond donors (Lipinski definition) is 1. The largest absolute Gasteiger partial charge is 0.493 e. The molecule has 0 saturated heterocycles. The summed E-state index contributed by atoms with van der Waals surface area (Å²) >= 11 is 1.27. The Balaban J connectivity index is 1.63. The van der Waals surface area contributed by atoms with Gasteiger partial charge in [-0.1, -0.05) is 25.1 Å². The van der Waals surface area contributed by atoms with Crippen LogP contribution in [0.1, 0.15) is 31.4 Å². The summed E-state index contributed by atoms with van der Waals surface area (Å²) in [5, 5.41) is 8.89. The molecule has 3 aromatic carbocycles. The van der Waals surface area contributed by atoms with Crippen LogP contribution >= 0.6 is 11.8 Å². The Labute approximate surface area is 212 Å². The highest BCUT2D eigenvalue weighted by Crippen LogP contribution is 2.39. The molecule has 0 aliphatic heterocycles. The van der Waals surface area contributed by atoms with E-state index >= 15 is 0 Å². The van der Waals surface area contributed by atoms with Crippen molar-refractivity contribution in [2.75, 3.05) is 12.4 Å². The zero-order chi connectivity index (χ0) is 26.1. The average molecular weight is 521 g/mol. The van der Waals surface area contributed by atoms with Crippen LogP contribution in [0.3, 0.4) is 0 Å². The number of carboxylic acids is 1. The molecule has 0 radical (unpaired) electrons. The molecule has 0 spiro atoms. The van der Waals surface area contributed by atoms with Crippen molar-refractivity contribution in [1.29, 1.82) is 0 Å². The van der Waals surface area contributed by atoms with Crippen molar-refractivity contribution in [2.45, 2.75) is 43.9 Å². The molecule has 0 aliphatic carbocycles. The van der Waals surface area contributed by atoms with Crippen molar-refractivity contribution in [3.05, 3.63) is 77.9 Å². The zero-order valence-corrected chi connectivity index (χ0v) is 20.7. The van der Waals surface area contributed by atoms with Gasteiger partial charge in [0.2, 0.25) is 0 Å². The minimum absolute atomic E-state index is 0.0119. The number of carbonyl (C=O) groups is 1. The molecule has 0 bridgehead atoms. The number of ether oxygens (including phenoxy) is 3.